The Morgan fingerprint density at radius 1 is 1.21 bits per heavy atom. The average molecular weight is 421 g/mol. The first-order chi connectivity index (χ1) is 13.8. The first-order valence-corrected chi connectivity index (χ1v) is 10.0. The van der Waals surface area contributed by atoms with Gasteiger partial charge in [-0.25, -0.2) is 9.37 Å². The minimum Gasteiger partial charge on any atom is -0.379 e. The molecule has 2 aliphatic heterocycles. The van der Waals surface area contributed by atoms with Crippen LogP contribution in [0.15, 0.2) is 29.3 Å². The molecule has 2 heterocycles. The van der Waals surface area contributed by atoms with Crippen LogP contribution in [0.2, 0.25) is 5.02 Å². The maximum atomic E-state index is 12.9. The molecule has 0 aromatic heterocycles. The third-order valence-electron chi connectivity index (χ3n) is 4.85. The molecule has 1 atom stereocenters. The number of nitrogens with zero attached hydrogens (tertiary/aromatic N) is 4. The van der Waals surface area contributed by atoms with Crippen molar-refractivity contribution in [2.24, 2.45) is 4.99 Å². The van der Waals surface area contributed by atoms with Crippen molar-refractivity contribution in [2.75, 3.05) is 27.2 Å². The minimum absolute atomic E-state index is 0.187. The second kappa shape index (κ2) is 8.92. The quantitative estimate of drug-likeness (QED) is 0.540. The van der Waals surface area contributed by atoms with Gasteiger partial charge in [-0.15, -0.1) is 0 Å². The Morgan fingerprint density at radius 3 is 2.55 bits per heavy atom. The van der Waals surface area contributed by atoms with Gasteiger partial charge in [0.15, 0.2) is 0 Å². The summed E-state index contributed by atoms with van der Waals surface area (Å²) in [6.45, 7) is 5.73. The van der Waals surface area contributed by atoms with Gasteiger partial charge in [-0.3, -0.25) is 19.9 Å². The number of nitrogens with one attached hydrogen (secondary N) is 1. The van der Waals surface area contributed by atoms with Gasteiger partial charge in [0.25, 0.3) is 5.91 Å². The van der Waals surface area contributed by atoms with Crippen molar-refractivity contribution in [3.8, 4) is 0 Å². The van der Waals surface area contributed by atoms with E-state index >= 15 is 0 Å². The SMILES string of the molecule is CC(C)OCCCNC1=[N+](Cc2ccc(Cl)cc2)C2C(=O)N(C)C(=O)N(C)C2=N1. The zero-order chi connectivity index (χ0) is 21.1. The number of carbonyl (C=O) groups is 2. The summed E-state index contributed by atoms with van der Waals surface area (Å²) in [6.07, 6.45) is 0.987. The number of fused-ring (bicyclic) bond motifs is 1. The number of hydrogen-bond donors (Lipinski definition) is 1. The molecule has 0 radical (unpaired) electrons. The van der Waals surface area contributed by atoms with Gasteiger partial charge in [0.05, 0.1) is 19.2 Å². The number of amides is 3. The van der Waals surface area contributed by atoms with E-state index < -0.39 is 6.04 Å². The number of carbonyl (C=O) groups excluding carboxylic acids is 2. The highest BCUT2D eigenvalue weighted by molar-refractivity contribution is 6.30. The van der Waals surface area contributed by atoms with Crippen LogP contribution < -0.4 is 5.32 Å². The van der Waals surface area contributed by atoms with Crippen molar-refractivity contribution in [1.29, 1.82) is 0 Å². The molecule has 0 aliphatic carbocycles. The first kappa shape index (κ1) is 21.3. The van der Waals surface area contributed by atoms with Crippen molar-refractivity contribution in [3.63, 3.8) is 0 Å². The molecule has 1 unspecified atom stereocenters. The van der Waals surface area contributed by atoms with Crippen LogP contribution in [0.4, 0.5) is 4.79 Å². The molecule has 1 aromatic carbocycles. The Bertz CT molecular complexity index is 850. The third kappa shape index (κ3) is 4.59. The second-order valence-corrected chi connectivity index (χ2v) is 7.83. The second-order valence-electron chi connectivity index (χ2n) is 7.39. The summed E-state index contributed by atoms with van der Waals surface area (Å²) in [4.78, 5) is 32.4. The number of benzene rings is 1. The van der Waals surface area contributed by atoms with E-state index in [0.29, 0.717) is 36.5 Å². The van der Waals surface area contributed by atoms with Crippen LogP contribution in [0.25, 0.3) is 0 Å². The predicted molar refractivity (Wildman–Crippen MR) is 111 cm³/mol. The number of aliphatic imine (C=N–C) groups is 1. The lowest BCUT2D eigenvalue weighted by atomic mass is 10.1. The molecule has 29 heavy (non-hydrogen) atoms. The van der Waals surface area contributed by atoms with E-state index in [9.17, 15) is 9.59 Å². The van der Waals surface area contributed by atoms with E-state index in [1.807, 2.05) is 42.7 Å². The van der Waals surface area contributed by atoms with Crippen LogP contribution >= 0.6 is 11.6 Å². The number of ether oxygens (including phenoxy) is 1. The summed E-state index contributed by atoms with van der Waals surface area (Å²) < 4.78 is 7.46. The number of likely N-dealkylation sites (N-methyl/N-ethyl adjacent to an activating group) is 2. The van der Waals surface area contributed by atoms with E-state index in [4.69, 9.17) is 16.3 Å². The zero-order valence-corrected chi connectivity index (χ0v) is 17.9. The molecule has 1 aromatic rings. The van der Waals surface area contributed by atoms with Gasteiger partial charge in [0.1, 0.15) is 0 Å². The smallest absolute Gasteiger partial charge is 0.379 e. The normalized spacial score (nSPS) is 19.2. The summed E-state index contributed by atoms with van der Waals surface area (Å²) in [6, 6.07) is 6.43. The number of hydrogen-bond acceptors (Lipinski definition) is 5. The van der Waals surface area contributed by atoms with Gasteiger partial charge in [-0.05, 0) is 31.5 Å². The molecule has 8 nitrogen and oxygen atoms in total. The summed E-state index contributed by atoms with van der Waals surface area (Å²) in [5, 5.41) is 3.96. The van der Waals surface area contributed by atoms with Gasteiger partial charge in [-0.2, -0.15) is 0 Å². The topological polar surface area (TPSA) is 77.2 Å². The molecule has 2 aliphatic rings. The monoisotopic (exact) mass is 420 g/mol. The van der Waals surface area contributed by atoms with Crippen LogP contribution in [-0.4, -0.2) is 77.5 Å². The molecular formula is C20H27ClN5O3+. The molecular weight excluding hydrogens is 394 g/mol. The molecule has 1 saturated heterocycles. The Balaban J connectivity index is 1.83. The molecule has 9 heteroatoms. The number of guanidine groups is 1. The maximum Gasteiger partial charge on any atom is 0.390 e. The van der Waals surface area contributed by atoms with E-state index in [0.717, 1.165) is 16.9 Å². The highest BCUT2D eigenvalue weighted by Crippen LogP contribution is 2.20. The van der Waals surface area contributed by atoms with E-state index in [1.165, 1.54) is 11.9 Å². The fourth-order valence-corrected chi connectivity index (χ4v) is 3.41. The Labute approximate surface area is 175 Å². The molecule has 0 spiro atoms. The van der Waals surface area contributed by atoms with Gasteiger partial charge >= 0.3 is 12.0 Å². The number of urea groups is 1. The van der Waals surface area contributed by atoms with E-state index in [-0.39, 0.29) is 18.0 Å². The van der Waals surface area contributed by atoms with Crippen molar-refractivity contribution in [1.82, 2.24) is 15.1 Å². The lowest BCUT2D eigenvalue weighted by Gasteiger charge is -2.31. The highest BCUT2D eigenvalue weighted by atomic mass is 35.5. The summed E-state index contributed by atoms with van der Waals surface area (Å²) >= 11 is 5.99. The molecule has 3 amide bonds. The third-order valence-corrected chi connectivity index (χ3v) is 5.10. The van der Waals surface area contributed by atoms with E-state index in [2.05, 4.69) is 10.3 Å². The van der Waals surface area contributed by atoms with Crippen LogP contribution in [0.1, 0.15) is 25.8 Å². The molecule has 3 rings (SSSR count). The van der Waals surface area contributed by atoms with Gasteiger partial charge in [0, 0.05) is 32.1 Å². The van der Waals surface area contributed by atoms with Crippen molar-refractivity contribution in [3.05, 3.63) is 34.9 Å². The van der Waals surface area contributed by atoms with Gasteiger partial charge in [0.2, 0.25) is 11.9 Å². The molecule has 1 fully saturated rings. The fourth-order valence-electron chi connectivity index (χ4n) is 3.28. The average Bonchev–Trinajstić information content (AvgIpc) is 3.04. The summed E-state index contributed by atoms with van der Waals surface area (Å²) in [7, 11) is 3.13. The molecule has 0 saturated carbocycles. The predicted octanol–water partition coefficient (Wildman–Crippen LogP) is 1.92. The Kier molecular flexibility index (Phi) is 6.54. The number of halogens is 1. The highest BCUT2D eigenvalue weighted by Gasteiger charge is 2.51. The lowest BCUT2D eigenvalue weighted by Crippen LogP contribution is -2.61. The van der Waals surface area contributed by atoms with Crippen LogP contribution in [0, 0.1) is 0 Å². The minimum atomic E-state index is -0.646. The molecule has 0 bridgehead atoms. The fraction of sp³-hybridized carbons (Fsp3) is 0.500. The van der Waals surface area contributed by atoms with Crippen molar-refractivity contribution < 1.29 is 18.9 Å². The maximum absolute atomic E-state index is 12.9. The number of rotatable bonds is 7. The van der Waals surface area contributed by atoms with Crippen molar-refractivity contribution in [2.45, 2.75) is 39.0 Å². The number of imide groups is 1. The molecule has 1 N–H and O–H groups in total. The van der Waals surface area contributed by atoms with Crippen LogP contribution in [0.5, 0.6) is 0 Å². The molecule has 156 valence electrons. The standard InChI is InChI=1S/C20H26ClN5O3/c1-13(2)29-11-5-10-22-19-23-17-16(18(27)25(4)20(28)24(17)3)26(19)12-14-6-8-15(21)9-7-14/h6-9,13,16H,5,10-12H2,1-4H3/p+1. The Hall–Kier alpha value is -2.45. The summed E-state index contributed by atoms with van der Waals surface area (Å²) in [5.74, 6) is 0.724. The number of amidine groups is 1. The summed E-state index contributed by atoms with van der Waals surface area (Å²) in [5.41, 5.74) is 0.989. The largest absolute Gasteiger partial charge is 0.390 e. The van der Waals surface area contributed by atoms with Crippen LogP contribution in [-0.2, 0) is 16.1 Å². The van der Waals surface area contributed by atoms with Crippen molar-refractivity contribution >= 4 is 35.3 Å². The van der Waals surface area contributed by atoms with E-state index in [1.54, 1.807) is 7.05 Å². The van der Waals surface area contributed by atoms with Crippen LogP contribution in [0.3, 0.4) is 0 Å². The van der Waals surface area contributed by atoms with Gasteiger partial charge < -0.3 is 4.74 Å². The lowest BCUT2D eigenvalue weighted by molar-refractivity contribution is -0.553. The zero-order valence-electron chi connectivity index (χ0n) is 17.2. The Morgan fingerprint density at radius 2 is 1.90 bits per heavy atom. The first-order valence-electron chi connectivity index (χ1n) is 9.67. The van der Waals surface area contributed by atoms with Gasteiger partial charge in [-0.1, -0.05) is 28.7 Å².